The van der Waals surface area contributed by atoms with Gasteiger partial charge in [0.2, 0.25) is 0 Å². The first kappa shape index (κ1) is 24.6. The summed E-state index contributed by atoms with van der Waals surface area (Å²) >= 11 is 0. The van der Waals surface area contributed by atoms with Gasteiger partial charge in [0.15, 0.2) is 0 Å². The molecule has 0 atom stereocenters. The third kappa shape index (κ3) is 5.74. The summed E-state index contributed by atoms with van der Waals surface area (Å²) in [6, 6.07) is 10.5. The molecule has 1 saturated heterocycles. The highest BCUT2D eigenvalue weighted by Gasteiger charge is 2.36. The number of hydrogen-bond donors (Lipinski definition) is 0. The predicted molar refractivity (Wildman–Crippen MR) is 124 cm³/mol. The molecule has 0 spiro atoms. The second-order valence-electron chi connectivity index (χ2n) is 9.55. The maximum absolute atomic E-state index is 13.8. The van der Waals surface area contributed by atoms with Crippen molar-refractivity contribution in [3.63, 3.8) is 0 Å². The Balaban J connectivity index is 1.38. The van der Waals surface area contributed by atoms with E-state index in [0.717, 1.165) is 61.4 Å². The number of aryl methyl sites for hydroxylation is 1. The van der Waals surface area contributed by atoms with Crippen molar-refractivity contribution in [2.24, 2.45) is 5.92 Å². The predicted octanol–water partition coefficient (Wildman–Crippen LogP) is 6.25. The van der Waals surface area contributed by atoms with Gasteiger partial charge < -0.3 is 9.47 Å². The summed E-state index contributed by atoms with van der Waals surface area (Å²) in [6.45, 7) is 4.31. The first-order valence-electron chi connectivity index (χ1n) is 12.0. The van der Waals surface area contributed by atoms with E-state index in [1.54, 1.807) is 12.1 Å². The van der Waals surface area contributed by atoms with Crippen molar-refractivity contribution in [2.45, 2.75) is 64.3 Å². The van der Waals surface area contributed by atoms with Crippen LogP contribution in [0.25, 0.3) is 0 Å². The number of carbonyl (C=O) groups is 1. The van der Waals surface area contributed by atoms with Crippen LogP contribution in [-0.4, -0.2) is 31.1 Å². The average Bonchev–Trinajstić information content (AvgIpc) is 2.80. The van der Waals surface area contributed by atoms with Crippen LogP contribution in [0.3, 0.4) is 0 Å². The van der Waals surface area contributed by atoms with E-state index in [4.69, 9.17) is 9.47 Å². The molecule has 0 unspecified atom stereocenters. The number of methoxy groups -OCH3 is 1. The minimum atomic E-state index is -4.40. The van der Waals surface area contributed by atoms with E-state index in [1.807, 2.05) is 19.1 Å². The van der Waals surface area contributed by atoms with Gasteiger partial charge >= 0.3 is 12.1 Å². The minimum Gasteiger partial charge on any atom is -0.489 e. The van der Waals surface area contributed by atoms with Crippen molar-refractivity contribution < 1.29 is 27.4 Å². The number of hydrogen-bond acceptors (Lipinski definition) is 4. The van der Waals surface area contributed by atoms with Gasteiger partial charge in [0.05, 0.1) is 18.6 Å². The molecule has 34 heavy (non-hydrogen) atoms. The highest BCUT2D eigenvalue weighted by Crippen LogP contribution is 2.42. The number of ether oxygens (including phenoxy) is 2. The van der Waals surface area contributed by atoms with Crippen LogP contribution in [0.2, 0.25) is 0 Å². The van der Waals surface area contributed by atoms with E-state index >= 15 is 0 Å². The van der Waals surface area contributed by atoms with Gasteiger partial charge in [-0.2, -0.15) is 13.2 Å². The summed E-state index contributed by atoms with van der Waals surface area (Å²) in [4.78, 5) is 13.7. The Hall–Kier alpha value is -2.54. The molecule has 0 radical (unpaired) electrons. The Bertz CT molecular complexity index is 1010. The van der Waals surface area contributed by atoms with Gasteiger partial charge in [0.1, 0.15) is 12.4 Å². The molecule has 4 rings (SSSR count). The van der Waals surface area contributed by atoms with Crippen molar-refractivity contribution in [2.75, 3.05) is 20.2 Å². The van der Waals surface area contributed by atoms with E-state index in [9.17, 15) is 18.0 Å². The number of benzene rings is 2. The molecule has 2 aliphatic rings. The third-order valence-electron chi connectivity index (χ3n) is 7.07. The topological polar surface area (TPSA) is 38.8 Å². The molecular weight excluding hydrogens is 443 g/mol. The van der Waals surface area contributed by atoms with Gasteiger partial charge in [-0.1, -0.05) is 43.5 Å². The summed E-state index contributed by atoms with van der Waals surface area (Å²) in [6.07, 6.45) is 0.306. The Morgan fingerprint density at radius 3 is 2.44 bits per heavy atom. The normalized spacial score (nSPS) is 17.9. The van der Waals surface area contributed by atoms with E-state index < -0.39 is 11.7 Å². The zero-order valence-corrected chi connectivity index (χ0v) is 19.8. The second kappa shape index (κ2) is 10.4. The number of rotatable bonds is 7. The first-order valence-corrected chi connectivity index (χ1v) is 12.0. The number of esters is 1. The van der Waals surface area contributed by atoms with E-state index in [0.29, 0.717) is 18.7 Å². The molecule has 4 nitrogen and oxygen atoms in total. The molecule has 2 fully saturated rings. The lowest BCUT2D eigenvalue weighted by atomic mass is 9.82. The molecule has 2 aromatic carbocycles. The maximum atomic E-state index is 13.8. The second-order valence-corrected chi connectivity index (χ2v) is 9.55. The zero-order valence-electron chi connectivity index (χ0n) is 19.8. The highest BCUT2D eigenvalue weighted by atomic mass is 19.4. The van der Waals surface area contributed by atoms with Gasteiger partial charge in [0.25, 0.3) is 0 Å². The lowest BCUT2D eigenvalue weighted by Crippen LogP contribution is -2.49. The standard InChI is InChI=1S/C27H32F3NO3/c1-18-12-19(14-31-15-22(16-31)26(32)33-2)8-9-21(18)17-34-23-10-11-24(20-6-4-3-5-7-20)25(13-23)27(28,29)30/h8-13,20,22H,3-7,14-17H2,1-2H3. The van der Waals surface area contributed by atoms with Gasteiger partial charge in [-0.15, -0.1) is 0 Å². The molecule has 2 aromatic rings. The fourth-order valence-electron chi connectivity index (χ4n) is 5.09. The lowest BCUT2D eigenvalue weighted by Gasteiger charge is -2.37. The Labute approximate surface area is 199 Å². The highest BCUT2D eigenvalue weighted by molar-refractivity contribution is 5.73. The molecule has 1 aliphatic carbocycles. The van der Waals surface area contributed by atoms with Gasteiger partial charge in [-0.05, 0) is 60.1 Å². The summed E-state index contributed by atoms with van der Waals surface area (Å²) < 4.78 is 52.0. The molecule has 0 amide bonds. The van der Waals surface area contributed by atoms with E-state index in [1.165, 1.54) is 7.11 Å². The van der Waals surface area contributed by atoms with Crippen molar-refractivity contribution >= 4 is 5.97 Å². The van der Waals surface area contributed by atoms with Crippen LogP contribution in [-0.2, 0) is 28.9 Å². The lowest BCUT2D eigenvalue weighted by molar-refractivity contribution is -0.151. The van der Waals surface area contributed by atoms with Crippen molar-refractivity contribution in [1.29, 1.82) is 0 Å². The molecule has 1 heterocycles. The van der Waals surface area contributed by atoms with Gasteiger partial charge in [-0.3, -0.25) is 9.69 Å². The van der Waals surface area contributed by atoms with Crippen LogP contribution in [0.5, 0.6) is 5.75 Å². The first-order chi connectivity index (χ1) is 16.2. The van der Waals surface area contributed by atoms with Gasteiger partial charge in [-0.25, -0.2) is 0 Å². The van der Waals surface area contributed by atoms with Crippen LogP contribution in [0.1, 0.15) is 65.8 Å². The number of alkyl halides is 3. The summed E-state index contributed by atoms with van der Waals surface area (Å²) in [5.74, 6) is -0.00134. The zero-order chi connectivity index (χ0) is 24.3. The van der Waals surface area contributed by atoms with E-state index in [2.05, 4.69) is 11.0 Å². The smallest absolute Gasteiger partial charge is 0.416 e. The van der Waals surface area contributed by atoms with Crippen LogP contribution in [0.4, 0.5) is 13.2 Å². The van der Waals surface area contributed by atoms with Crippen LogP contribution in [0, 0.1) is 12.8 Å². The molecule has 0 aromatic heterocycles. The summed E-state index contributed by atoms with van der Waals surface area (Å²) in [5.41, 5.74) is 2.92. The fourth-order valence-corrected chi connectivity index (χ4v) is 5.09. The Kier molecular flexibility index (Phi) is 7.51. The van der Waals surface area contributed by atoms with Crippen molar-refractivity contribution in [3.05, 3.63) is 64.2 Å². The summed E-state index contributed by atoms with van der Waals surface area (Å²) in [5, 5.41) is 0. The molecule has 7 heteroatoms. The largest absolute Gasteiger partial charge is 0.489 e. The van der Waals surface area contributed by atoms with E-state index in [-0.39, 0.29) is 30.2 Å². The van der Waals surface area contributed by atoms with Crippen LogP contribution in [0.15, 0.2) is 36.4 Å². The molecule has 1 aliphatic heterocycles. The number of nitrogens with zero attached hydrogens (tertiary/aromatic N) is 1. The number of carbonyl (C=O) groups excluding carboxylic acids is 1. The number of likely N-dealkylation sites (tertiary alicyclic amines) is 1. The third-order valence-corrected chi connectivity index (χ3v) is 7.07. The fraction of sp³-hybridized carbons (Fsp3) is 0.519. The van der Waals surface area contributed by atoms with Crippen molar-refractivity contribution in [1.82, 2.24) is 4.90 Å². The molecule has 0 bridgehead atoms. The molecule has 184 valence electrons. The minimum absolute atomic E-state index is 0.0245. The van der Waals surface area contributed by atoms with Crippen LogP contribution < -0.4 is 4.74 Å². The van der Waals surface area contributed by atoms with Gasteiger partial charge in [0, 0.05) is 19.6 Å². The monoisotopic (exact) mass is 475 g/mol. The SMILES string of the molecule is COC(=O)C1CN(Cc2ccc(COc3ccc(C4CCCCC4)c(C(F)(F)F)c3)c(C)c2)C1. The molecule has 1 saturated carbocycles. The average molecular weight is 476 g/mol. The van der Waals surface area contributed by atoms with Crippen LogP contribution >= 0.6 is 0 Å². The summed E-state index contributed by atoms with van der Waals surface area (Å²) in [7, 11) is 1.41. The maximum Gasteiger partial charge on any atom is 0.416 e. The van der Waals surface area contributed by atoms with Crippen molar-refractivity contribution in [3.8, 4) is 5.75 Å². The quantitative estimate of drug-likeness (QED) is 0.444. The Morgan fingerprint density at radius 2 is 1.79 bits per heavy atom. The molecule has 0 N–H and O–H groups in total. The number of halogens is 3. The molecular formula is C27H32F3NO3. The Morgan fingerprint density at radius 1 is 1.06 bits per heavy atom.